The maximum Gasteiger partial charge on any atom is 0.218 e. The van der Waals surface area contributed by atoms with E-state index in [0.717, 1.165) is 37.5 Å². The lowest BCUT2D eigenvalue weighted by atomic mass is 10.1. The van der Waals surface area contributed by atoms with E-state index in [1.54, 1.807) is 6.20 Å². The van der Waals surface area contributed by atoms with E-state index in [-0.39, 0.29) is 6.10 Å². The summed E-state index contributed by atoms with van der Waals surface area (Å²) in [6.45, 7) is 6.71. The molecule has 1 aliphatic rings. The molecule has 116 valence electrons. The van der Waals surface area contributed by atoms with E-state index in [1.807, 2.05) is 26.1 Å². The molecule has 22 heavy (non-hydrogen) atoms. The Hall–Kier alpha value is -1.79. The second-order valence-corrected chi connectivity index (χ2v) is 6.17. The Bertz CT molecular complexity index is 713. The van der Waals surface area contributed by atoms with Gasteiger partial charge in [0.1, 0.15) is 0 Å². The summed E-state index contributed by atoms with van der Waals surface area (Å²) in [5, 5.41) is 0. The number of aromatic amines is 1. The molecule has 1 aliphatic heterocycles. The minimum absolute atomic E-state index is 0.125. The van der Waals surface area contributed by atoms with Gasteiger partial charge in [-0.05, 0) is 32.1 Å². The van der Waals surface area contributed by atoms with Crippen LogP contribution in [0.4, 0.5) is 0 Å². The van der Waals surface area contributed by atoms with Gasteiger partial charge in [0.15, 0.2) is 4.77 Å². The molecule has 0 saturated carbocycles. The molecule has 1 N–H and O–H groups in total. The van der Waals surface area contributed by atoms with Gasteiger partial charge in [-0.3, -0.25) is 4.90 Å². The van der Waals surface area contributed by atoms with Crippen LogP contribution in [0.25, 0.3) is 0 Å². The molecule has 0 radical (unpaired) electrons. The number of aromatic nitrogens is 3. The van der Waals surface area contributed by atoms with Gasteiger partial charge in [0.05, 0.1) is 6.10 Å². The zero-order valence-corrected chi connectivity index (χ0v) is 13.7. The molecule has 0 saturated heterocycles. The summed E-state index contributed by atoms with van der Waals surface area (Å²) in [5.41, 5.74) is 3.55. The molecule has 0 aromatic carbocycles. The Morgan fingerprint density at radius 3 is 3.09 bits per heavy atom. The van der Waals surface area contributed by atoms with Crippen molar-refractivity contribution in [2.45, 2.75) is 39.5 Å². The zero-order chi connectivity index (χ0) is 15.5. The molecule has 2 aromatic rings. The topological polar surface area (TPSA) is 54.0 Å². The molecule has 0 fully saturated rings. The molecule has 3 heterocycles. The number of hydrogen-bond acceptors (Lipinski definition) is 5. The van der Waals surface area contributed by atoms with Crippen molar-refractivity contribution < 1.29 is 4.74 Å². The summed E-state index contributed by atoms with van der Waals surface area (Å²) >= 11 is 5.08. The van der Waals surface area contributed by atoms with Crippen molar-refractivity contribution >= 4 is 12.2 Å². The van der Waals surface area contributed by atoms with Crippen molar-refractivity contribution in [3.05, 3.63) is 46.1 Å². The predicted molar refractivity (Wildman–Crippen MR) is 87.2 cm³/mol. The first-order valence-electron chi connectivity index (χ1n) is 7.52. The van der Waals surface area contributed by atoms with Crippen LogP contribution in [0.3, 0.4) is 0 Å². The smallest absolute Gasteiger partial charge is 0.218 e. The fraction of sp³-hybridized carbons (Fsp3) is 0.438. The van der Waals surface area contributed by atoms with Crippen LogP contribution >= 0.6 is 12.2 Å². The first-order chi connectivity index (χ1) is 10.6. The molecule has 0 bridgehead atoms. The maximum atomic E-state index is 5.80. The van der Waals surface area contributed by atoms with Crippen molar-refractivity contribution in [2.24, 2.45) is 0 Å². The molecule has 2 aromatic heterocycles. The Kier molecular flexibility index (Phi) is 4.49. The van der Waals surface area contributed by atoms with Crippen molar-refractivity contribution in [1.82, 2.24) is 19.9 Å². The monoisotopic (exact) mass is 316 g/mol. The van der Waals surface area contributed by atoms with E-state index < -0.39 is 0 Å². The molecule has 5 nitrogen and oxygen atoms in total. The Morgan fingerprint density at radius 1 is 1.41 bits per heavy atom. The van der Waals surface area contributed by atoms with Gasteiger partial charge in [0.25, 0.3) is 0 Å². The summed E-state index contributed by atoms with van der Waals surface area (Å²) in [6, 6.07) is 4.04. The highest BCUT2D eigenvalue weighted by atomic mass is 32.1. The third-order valence-electron chi connectivity index (χ3n) is 3.65. The highest BCUT2D eigenvalue weighted by molar-refractivity contribution is 7.71. The predicted octanol–water partition coefficient (Wildman–Crippen LogP) is 2.88. The van der Waals surface area contributed by atoms with Crippen LogP contribution in [-0.2, 0) is 19.5 Å². The zero-order valence-electron chi connectivity index (χ0n) is 12.9. The Morgan fingerprint density at radius 2 is 2.27 bits per heavy atom. The summed E-state index contributed by atoms with van der Waals surface area (Å²) in [6.07, 6.45) is 4.74. The quantitative estimate of drug-likeness (QED) is 0.879. The Labute approximate surface area is 135 Å². The minimum Gasteiger partial charge on any atom is -0.475 e. The van der Waals surface area contributed by atoms with Crippen LogP contribution in [0.2, 0.25) is 0 Å². The molecular formula is C16H20N4OS. The number of fused-ring (bicyclic) bond motifs is 1. The van der Waals surface area contributed by atoms with E-state index >= 15 is 0 Å². The number of H-pyrrole nitrogens is 1. The summed E-state index contributed by atoms with van der Waals surface area (Å²) in [7, 11) is 0. The average molecular weight is 316 g/mol. The van der Waals surface area contributed by atoms with Crippen molar-refractivity contribution in [3.8, 4) is 5.88 Å². The maximum absolute atomic E-state index is 5.80. The number of nitrogens with zero attached hydrogens (tertiary/aromatic N) is 3. The molecule has 0 spiro atoms. The summed E-state index contributed by atoms with van der Waals surface area (Å²) in [5.74, 6) is 0.730. The number of nitrogens with one attached hydrogen (secondary N) is 1. The van der Waals surface area contributed by atoms with Crippen molar-refractivity contribution in [2.75, 3.05) is 6.54 Å². The number of ether oxygens (including phenoxy) is 1. The van der Waals surface area contributed by atoms with Crippen LogP contribution in [0.15, 0.2) is 24.5 Å². The SMILES string of the molecule is CC(C)Oc1ncccc1CN1CCc2[nH]c(=S)ncc2C1. The highest BCUT2D eigenvalue weighted by Gasteiger charge is 2.19. The molecule has 0 atom stereocenters. The van der Waals surface area contributed by atoms with E-state index in [9.17, 15) is 0 Å². The van der Waals surface area contributed by atoms with E-state index in [4.69, 9.17) is 17.0 Å². The average Bonchev–Trinajstić information content (AvgIpc) is 2.49. The van der Waals surface area contributed by atoms with E-state index in [1.165, 1.54) is 11.3 Å². The van der Waals surface area contributed by atoms with Gasteiger partial charge in [-0.15, -0.1) is 0 Å². The standard InChI is InChI=1S/C16H20N4OS/c1-11(2)21-15-12(4-3-6-17-15)9-20-7-5-14-13(10-20)8-18-16(22)19-14/h3-4,6,8,11H,5,7,9-10H2,1-2H3,(H,18,19,22). The lowest BCUT2D eigenvalue weighted by Gasteiger charge is -2.28. The van der Waals surface area contributed by atoms with Gasteiger partial charge in [0.2, 0.25) is 5.88 Å². The summed E-state index contributed by atoms with van der Waals surface area (Å²) < 4.78 is 6.36. The Balaban J connectivity index is 1.75. The summed E-state index contributed by atoms with van der Waals surface area (Å²) in [4.78, 5) is 14.1. The van der Waals surface area contributed by atoms with Crippen LogP contribution < -0.4 is 4.74 Å². The van der Waals surface area contributed by atoms with Crippen LogP contribution in [0.1, 0.15) is 30.7 Å². The third kappa shape index (κ3) is 3.51. The third-order valence-corrected chi connectivity index (χ3v) is 3.85. The van der Waals surface area contributed by atoms with Gasteiger partial charge in [-0.25, -0.2) is 9.97 Å². The second kappa shape index (κ2) is 6.54. The van der Waals surface area contributed by atoms with Crippen molar-refractivity contribution in [1.29, 1.82) is 0 Å². The lowest BCUT2D eigenvalue weighted by Crippen LogP contribution is -2.31. The van der Waals surface area contributed by atoms with E-state index in [0.29, 0.717) is 4.77 Å². The van der Waals surface area contributed by atoms with Gasteiger partial charge >= 0.3 is 0 Å². The van der Waals surface area contributed by atoms with Gasteiger partial charge < -0.3 is 9.72 Å². The second-order valence-electron chi connectivity index (χ2n) is 5.79. The molecule has 0 aliphatic carbocycles. The van der Waals surface area contributed by atoms with E-state index in [2.05, 4.69) is 25.9 Å². The largest absolute Gasteiger partial charge is 0.475 e. The van der Waals surface area contributed by atoms with Gasteiger partial charge in [-0.1, -0.05) is 6.07 Å². The molecule has 6 heteroatoms. The molecular weight excluding hydrogens is 296 g/mol. The van der Waals surface area contributed by atoms with Gasteiger partial charge in [-0.2, -0.15) is 0 Å². The number of rotatable bonds is 4. The first-order valence-corrected chi connectivity index (χ1v) is 7.92. The van der Waals surface area contributed by atoms with Crippen LogP contribution in [-0.4, -0.2) is 32.5 Å². The van der Waals surface area contributed by atoms with Gasteiger partial charge in [0, 0.05) is 55.3 Å². The highest BCUT2D eigenvalue weighted by Crippen LogP contribution is 2.22. The molecule has 3 rings (SSSR count). The fourth-order valence-corrected chi connectivity index (χ4v) is 2.83. The lowest BCUT2D eigenvalue weighted by molar-refractivity contribution is 0.211. The molecule has 0 amide bonds. The van der Waals surface area contributed by atoms with Crippen LogP contribution in [0, 0.1) is 4.77 Å². The number of hydrogen-bond donors (Lipinski definition) is 1. The number of pyridine rings is 1. The van der Waals surface area contributed by atoms with Crippen molar-refractivity contribution in [3.63, 3.8) is 0 Å². The first kappa shape index (κ1) is 15.1. The fourth-order valence-electron chi connectivity index (χ4n) is 2.65. The normalized spacial score (nSPS) is 14.9. The molecule has 0 unspecified atom stereocenters. The van der Waals surface area contributed by atoms with Crippen LogP contribution in [0.5, 0.6) is 5.88 Å². The minimum atomic E-state index is 0.125.